The summed E-state index contributed by atoms with van der Waals surface area (Å²) in [5.41, 5.74) is 0.796. The van der Waals surface area contributed by atoms with Crippen LogP contribution in [0.1, 0.15) is 17.4 Å². The second-order valence-corrected chi connectivity index (χ2v) is 5.17. The summed E-state index contributed by atoms with van der Waals surface area (Å²) in [6.45, 7) is 1.51. The number of rotatable bonds is 4. The van der Waals surface area contributed by atoms with Gasteiger partial charge in [-0.25, -0.2) is 9.78 Å². The van der Waals surface area contributed by atoms with Gasteiger partial charge in [-0.2, -0.15) is 0 Å². The van der Waals surface area contributed by atoms with Crippen molar-refractivity contribution in [2.24, 2.45) is 0 Å². The van der Waals surface area contributed by atoms with E-state index < -0.39 is 18.0 Å². The normalized spacial score (nSPS) is 11.5. The summed E-state index contributed by atoms with van der Waals surface area (Å²) < 4.78 is 5.98. The minimum Gasteiger partial charge on any atom is -0.448 e. The molecule has 108 valence electrons. The van der Waals surface area contributed by atoms with Crippen LogP contribution < -0.4 is 5.32 Å². The Morgan fingerprint density at radius 3 is 2.52 bits per heavy atom. The Labute approximate surface area is 130 Å². The minimum absolute atomic E-state index is 0.167. The van der Waals surface area contributed by atoms with Crippen molar-refractivity contribution in [2.75, 3.05) is 5.32 Å². The lowest BCUT2D eigenvalue weighted by molar-refractivity contribution is -0.123. The van der Waals surface area contributed by atoms with E-state index in [9.17, 15) is 9.59 Å². The zero-order valence-corrected chi connectivity index (χ0v) is 12.8. The first kappa shape index (κ1) is 15.2. The topological polar surface area (TPSA) is 68.3 Å². The van der Waals surface area contributed by atoms with Crippen molar-refractivity contribution in [1.82, 2.24) is 4.98 Å². The maximum absolute atomic E-state index is 11.9. The highest BCUT2D eigenvalue weighted by Crippen LogP contribution is 2.14. The Kier molecular flexibility index (Phi) is 5.05. The molecule has 1 aromatic heterocycles. The molecule has 1 heterocycles. The lowest BCUT2D eigenvalue weighted by atomic mass is 10.3. The number of anilines is 1. The summed E-state index contributed by atoms with van der Waals surface area (Å²) >= 11 is 3.31. The van der Waals surface area contributed by atoms with Gasteiger partial charge in [0.05, 0.1) is 0 Å². The zero-order chi connectivity index (χ0) is 15.2. The van der Waals surface area contributed by atoms with Crippen LogP contribution in [-0.2, 0) is 9.53 Å². The van der Waals surface area contributed by atoms with E-state index in [4.69, 9.17) is 4.74 Å². The molecule has 0 radical (unpaired) electrons. The van der Waals surface area contributed by atoms with E-state index in [1.165, 1.54) is 19.2 Å². The van der Waals surface area contributed by atoms with Gasteiger partial charge in [0, 0.05) is 16.4 Å². The SMILES string of the molecule is C[C@H](OC(=O)c1ccccn1)C(=O)Nc1ccc(Br)cc1. The van der Waals surface area contributed by atoms with Gasteiger partial charge >= 0.3 is 5.97 Å². The monoisotopic (exact) mass is 348 g/mol. The number of nitrogens with zero attached hydrogens (tertiary/aromatic N) is 1. The first-order valence-electron chi connectivity index (χ1n) is 6.24. The fourth-order valence-corrected chi connectivity index (χ4v) is 1.80. The van der Waals surface area contributed by atoms with E-state index in [1.54, 1.807) is 36.4 Å². The van der Waals surface area contributed by atoms with Crippen LogP contribution in [0.5, 0.6) is 0 Å². The molecule has 1 amide bonds. The van der Waals surface area contributed by atoms with E-state index in [0.717, 1.165) is 4.47 Å². The lowest BCUT2D eigenvalue weighted by Crippen LogP contribution is -2.30. The van der Waals surface area contributed by atoms with Gasteiger partial charge in [-0.15, -0.1) is 0 Å². The lowest BCUT2D eigenvalue weighted by Gasteiger charge is -2.13. The van der Waals surface area contributed by atoms with E-state index in [0.29, 0.717) is 5.69 Å². The van der Waals surface area contributed by atoms with Gasteiger partial charge < -0.3 is 10.1 Å². The summed E-state index contributed by atoms with van der Waals surface area (Å²) in [5.74, 6) is -1.03. The fourth-order valence-electron chi connectivity index (χ4n) is 1.54. The van der Waals surface area contributed by atoms with Crippen LogP contribution in [0, 0.1) is 0 Å². The van der Waals surface area contributed by atoms with Crippen molar-refractivity contribution in [1.29, 1.82) is 0 Å². The predicted molar refractivity (Wildman–Crippen MR) is 81.9 cm³/mol. The third-order valence-electron chi connectivity index (χ3n) is 2.64. The fraction of sp³-hybridized carbons (Fsp3) is 0.133. The summed E-state index contributed by atoms with van der Waals surface area (Å²) in [5, 5.41) is 2.67. The second-order valence-electron chi connectivity index (χ2n) is 4.26. The number of hydrogen-bond donors (Lipinski definition) is 1. The molecule has 2 rings (SSSR count). The average molecular weight is 349 g/mol. The molecule has 6 heteroatoms. The Bertz CT molecular complexity index is 629. The molecule has 0 aliphatic rings. The number of amides is 1. The highest BCUT2D eigenvalue weighted by atomic mass is 79.9. The van der Waals surface area contributed by atoms with Crippen LogP contribution in [0.15, 0.2) is 53.1 Å². The summed E-state index contributed by atoms with van der Waals surface area (Å²) in [6.07, 6.45) is 0.575. The van der Waals surface area contributed by atoms with Gasteiger partial charge in [0.1, 0.15) is 5.69 Å². The number of carbonyl (C=O) groups is 2. The third-order valence-corrected chi connectivity index (χ3v) is 3.17. The predicted octanol–water partition coefficient (Wildman–Crippen LogP) is 3.03. The number of carbonyl (C=O) groups excluding carboxylic acids is 2. The van der Waals surface area contributed by atoms with Crippen LogP contribution in [0.4, 0.5) is 5.69 Å². The van der Waals surface area contributed by atoms with Crippen LogP contribution in [-0.4, -0.2) is 23.0 Å². The van der Waals surface area contributed by atoms with E-state index in [-0.39, 0.29) is 5.69 Å². The average Bonchev–Trinajstić information content (AvgIpc) is 2.50. The molecule has 5 nitrogen and oxygen atoms in total. The van der Waals surface area contributed by atoms with Crippen LogP contribution in [0.2, 0.25) is 0 Å². The molecule has 0 saturated carbocycles. The first-order valence-corrected chi connectivity index (χ1v) is 7.04. The summed E-state index contributed by atoms with van der Waals surface area (Å²) in [7, 11) is 0. The molecule has 0 unspecified atom stereocenters. The standard InChI is InChI=1S/C15H13BrN2O3/c1-10(21-15(20)13-4-2-3-9-17-13)14(19)18-12-7-5-11(16)6-8-12/h2-10H,1H3,(H,18,19)/t10-/m0/s1. The number of ether oxygens (including phenoxy) is 1. The van der Waals surface area contributed by atoms with Gasteiger partial charge in [0.15, 0.2) is 6.10 Å². The van der Waals surface area contributed by atoms with Gasteiger partial charge in [-0.3, -0.25) is 4.79 Å². The molecule has 1 aromatic carbocycles. The molecule has 1 atom stereocenters. The smallest absolute Gasteiger partial charge is 0.357 e. The number of benzene rings is 1. The number of pyridine rings is 1. The molecule has 0 aliphatic heterocycles. The van der Waals surface area contributed by atoms with Crippen molar-refractivity contribution < 1.29 is 14.3 Å². The van der Waals surface area contributed by atoms with E-state index in [2.05, 4.69) is 26.2 Å². The van der Waals surface area contributed by atoms with Crippen molar-refractivity contribution in [3.8, 4) is 0 Å². The van der Waals surface area contributed by atoms with Gasteiger partial charge in [-0.1, -0.05) is 22.0 Å². The minimum atomic E-state index is -0.914. The highest BCUT2D eigenvalue weighted by Gasteiger charge is 2.19. The molecule has 0 bridgehead atoms. The Balaban J connectivity index is 1.93. The maximum Gasteiger partial charge on any atom is 0.357 e. The summed E-state index contributed by atoms with van der Waals surface area (Å²) in [4.78, 5) is 27.6. The van der Waals surface area contributed by atoms with Gasteiger partial charge in [-0.05, 0) is 43.3 Å². The molecule has 0 fully saturated rings. The molecular formula is C15H13BrN2O3. The van der Waals surface area contributed by atoms with Crippen molar-refractivity contribution in [3.63, 3.8) is 0 Å². The maximum atomic E-state index is 11.9. The van der Waals surface area contributed by atoms with Crippen molar-refractivity contribution in [3.05, 3.63) is 58.8 Å². The van der Waals surface area contributed by atoms with Gasteiger partial charge in [0.25, 0.3) is 5.91 Å². The number of nitrogens with one attached hydrogen (secondary N) is 1. The highest BCUT2D eigenvalue weighted by molar-refractivity contribution is 9.10. The van der Waals surface area contributed by atoms with Crippen molar-refractivity contribution >= 4 is 33.5 Å². The number of esters is 1. The largest absolute Gasteiger partial charge is 0.448 e. The molecule has 21 heavy (non-hydrogen) atoms. The molecule has 0 spiro atoms. The van der Waals surface area contributed by atoms with E-state index >= 15 is 0 Å². The Hall–Kier alpha value is -2.21. The third kappa shape index (κ3) is 4.39. The summed E-state index contributed by atoms with van der Waals surface area (Å²) in [6, 6.07) is 12.0. The zero-order valence-electron chi connectivity index (χ0n) is 11.2. The molecular weight excluding hydrogens is 336 g/mol. The molecule has 0 aliphatic carbocycles. The number of aromatic nitrogens is 1. The Morgan fingerprint density at radius 1 is 1.19 bits per heavy atom. The van der Waals surface area contributed by atoms with Crippen molar-refractivity contribution in [2.45, 2.75) is 13.0 Å². The van der Waals surface area contributed by atoms with Crippen LogP contribution in [0.25, 0.3) is 0 Å². The quantitative estimate of drug-likeness (QED) is 0.862. The number of halogens is 1. The molecule has 2 aromatic rings. The second kappa shape index (κ2) is 6.99. The number of hydrogen-bond acceptors (Lipinski definition) is 4. The van der Waals surface area contributed by atoms with E-state index in [1.807, 2.05) is 0 Å². The Morgan fingerprint density at radius 2 is 1.90 bits per heavy atom. The van der Waals surface area contributed by atoms with Gasteiger partial charge in [0.2, 0.25) is 0 Å². The molecule has 0 saturated heterocycles. The van der Waals surface area contributed by atoms with Crippen LogP contribution in [0.3, 0.4) is 0 Å². The first-order chi connectivity index (χ1) is 10.1. The molecule has 1 N–H and O–H groups in total. The van der Waals surface area contributed by atoms with Crippen LogP contribution >= 0.6 is 15.9 Å².